The first-order valence-corrected chi connectivity index (χ1v) is 7.32. The lowest BCUT2D eigenvalue weighted by atomic mass is 9.82. The van der Waals surface area contributed by atoms with E-state index in [1.165, 1.54) is 25.8 Å². The highest BCUT2D eigenvalue weighted by molar-refractivity contribution is 4.87. The normalized spacial score (nSPS) is 34.3. The highest BCUT2D eigenvalue weighted by Gasteiger charge is 2.33. The van der Waals surface area contributed by atoms with E-state index in [0.717, 1.165) is 45.3 Å². The summed E-state index contributed by atoms with van der Waals surface area (Å²) >= 11 is 0. The molecular weight excluding hydrogens is 226 g/mol. The van der Waals surface area contributed by atoms with Crippen LogP contribution in [-0.2, 0) is 4.74 Å². The molecule has 4 nitrogen and oxygen atoms in total. The van der Waals surface area contributed by atoms with Crippen molar-refractivity contribution in [3.8, 4) is 0 Å². The molecule has 0 aromatic heterocycles. The second kappa shape index (κ2) is 6.33. The Labute approximate surface area is 111 Å². The van der Waals surface area contributed by atoms with E-state index in [0.29, 0.717) is 0 Å². The number of ether oxygens (including phenoxy) is 1. The summed E-state index contributed by atoms with van der Waals surface area (Å²) in [4.78, 5) is 4.96. The Morgan fingerprint density at radius 2 is 2.28 bits per heavy atom. The summed E-state index contributed by atoms with van der Waals surface area (Å²) in [6.45, 7) is 6.00. The maximum Gasteiger partial charge on any atom is 0.0546 e. The summed E-state index contributed by atoms with van der Waals surface area (Å²) in [5.41, 5.74) is 6.20. The maximum atomic E-state index is 6.00. The van der Waals surface area contributed by atoms with Gasteiger partial charge in [0.05, 0.1) is 6.61 Å². The van der Waals surface area contributed by atoms with Gasteiger partial charge >= 0.3 is 0 Å². The van der Waals surface area contributed by atoms with E-state index in [9.17, 15) is 0 Å². The average Bonchev–Trinajstić information content (AvgIpc) is 2.76. The van der Waals surface area contributed by atoms with Crippen molar-refractivity contribution < 1.29 is 4.74 Å². The summed E-state index contributed by atoms with van der Waals surface area (Å²) < 4.78 is 5.65. The van der Waals surface area contributed by atoms with E-state index in [1.54, 1.807) is 0 Å². The van der Waals surface area contributed by atoms with Crippen LogP contribution in [-0.4, -0.2) is 69.3 Å². The maximum absolute atomic E-state index is 6.00. The van der Waals surface area contributed by atoms with Crippen LogP contribution in [0.4, 0.5) is 0 Å². The molecule has 2 fully saturated rings. The Hall–Kier alpha value is -0.160. The molecule has 0 aromatic rings. The Bertz CT molecular complexity index is 253. The molecule has 0 amide bonds. The molecule has 2 heterocycles. The molecule has 2 aliphatic rings. The van der Waals surface area contributed by atoms with Crippen LogP contribution in [0.5, 0.6) is 0 Å². The molecule has 0 aliphatic carbocycles. The fourth-order valence-corrected chi connectivity index (χ4v) is 3.47. The van der Waals surface area contributed by atoms with Gasteiger partial charge in [-0.3, -0.25) is 0 Å². The number of nitrogens with zero attached hydrogens (tertiary/aromatic N) is 2. The first-order chi connectivity index (χ1) is 8.65. The predicted molar refractivity (Wildman–Crippen MR) is 74.7 cm³/mol. The van der Waals surface area contributed by atoms with Crippen molar-refractivity contribution in [2.45, 2.75) is 31.7 Å². The van der Waals surface area contributed by atoms with E-state index < -0.39 is 0 Å². The highest BCUT2D eigenvalue weighted by atomic mass is 16.5. The summed E-state index contributed by atoms with van der Waals surface area (Å²) in [6.07, 6.45) is 5.07. The van der Waals surface area contributed by atoms with Crippen LogP contribution in [0.15, 0.2) is 0 Å². The van der Waals surface area contributed by atoms with E-state index in [4.69, 9.17) is 10.5 Å². The largest absolute Gasteiger partial charge is 0.381 e. The van der Waals surface area contributed by atoms with Crippen LogP contribution < -0.4 is 5.73 Å². The van der Waals surface area contributed by atoms with Crippen molar-refractivity contribution in [2.75, 3.05) is 53.5 Å². The molecule has 2 rings (SSSR count). The van der Waals surface area contributed by atoms with Crippen LogP contribution in [0.3, 0.4) is 0 Å². The molecule has 0 radical (unpaired) electrons. The number of nitrogens with two attached hydrogens (primary N) is 1. The van der Waals surface area contributed by atoms with Gasteiger partial charge in [0.1, 0.15) is 0 Å². The Balaban J connectivity index is 1.83. The summed E-state index contributed by atoms with van der Waals surface area (Å²) in [7, 11) is 4.48. The third-order valence-electron chi connectivity index (χ3n) is 4.64. The standard InChI is InChI=1S/C14H29N3O/c1-16(9-13-5-3-7-17(13)2)11-14(10-15)6-4-8-18-12-14/h13H,3-12,15H2,1-2H3. The molecular formula is C14H29N3O. The molecule has 0 spiro atoms. The fourth-order valence-electron chi connectivity index (χ4n) is 3.47. The van der Waals surface area contributed by atoms with Crippen molar-refractivity contribution in [1.29, 1.82) is 0 Å². The van der Waals surface area contributed by atoms with Gasteiger partial charge in [-0.15, -0.1) is 0 Å². The summed E-state index contributed by atoms with van der Waals surface area (Å²) in [5.74, 6) is 0. The fraction of sp³-hybridized carbons (Fsp3) is 1.00. The van der Waals surface area contributed by atoms with Gasteiger partial charge in [-0.05, 0) is 46.3 Å². The number of likely N-dealkylation sites (tertiary alicyclic amines) is 1. The number of rotatable bonds is 5. The topological polar surface area (TPSA) is 41.7 Å². The molecule has 4 heteroatoms. The third-order valence-corrected chi connectivity index (χ3v) is 4.64. The lowest BCUT2D eigenvalue weighted by Crippen LogP contribution is -2.49. The van der Waals surface area contributed by atoms with Gasteiger partial charge < -0.3 is 20.3 Å². The van der Waals surface area contributed by atoms with E-state index in [2.05, 4.69) is 23.9 Å². The van der Waals surface area contributed by atoms with Gasteiger partial charge in [-0.2, -0.15) is 0 Å². The van der Waals surface area contributed by atoms with Crippen LogP contribution in [0.1, 0.15) is 25.7 Å². The SMILES string of the molecule is CN(CC1CCCN1C)CC1(CN)CCCOC1. The minimum Gasteiger partial charge on any atom is -0.381 e. The first kappa shape index (κ1) is 14.3. The van der Waals surface area contributed by atoms with Crippen molar-refractivity contribution in [3.05, 3.63) is 0 Å². The molecule has 0 saturated carbocycles. The minimum atomic E-state index is 0.199. The summed E-state index contributed by atoms with van der Waals surface area (Å²) in [5, 5.41) is 0. The number of likely N-dealkylation sites (N-methyl/N-ethyl adjacent to an activating group) is 2. The van der Waals surface area contributed by atoms with Gasteiger partial charge in [-0.1, -0.05) is 0 Å². The zero-order chi connectivity index (χ0) is 13.0. The zero-order valence-corrected chi connectivity index (χ0v) is 12.0. The van der Waals surface area contributed by atoms with Crippen molar-refractivity contribution in [1.82, 2.24) is 9.80 Å². The Kier molecular flexibility index (Phi) is 5.01. The lowest BCUT2D eigenvalue weighted by Gasteiger charge is -2.40. The van der Waals surface area contributed by atoms with Gasteiger partial charge in [-0.25, -0.2) is 0 Å². The Morgan fingerprint density at radius 3 is 2.83 bits per heavy atom. The highest BCUT2D eigenvalue weighted by Crippen LogP contribution is 2.28. The Morgan fingerprint density at radius 1 is 1.44 bits per heavy atom. The van der Waals surface area contributed by atoms with Crippen molar-refractivity contribution in [3.63, 3.8) is 0 Å². The molecule has 18 heavy (non-hydrogen) atoms. The molecule has 106 valence electrons. The van der Waals surface area contributed by atoms with Crippen LogP contribution >= 0.6 is 0 Å². The molecule has 0 aromatic carbocycles. The zero-order valence-electron chi connectivity index (χ0n) is 12.0. The number of hydrogen-bond donors (Lipinski definition) is 1. The number of hydrogen-bond acceptors (Lipinski definition) is 4. The molecule has 2 atom stereocenters. The van der Waals surface area contributed by atoms with Crippen molar-refractivity contribution >= 4 is 0 Å². The van der Waals surface area contributed by atoms with E-state index in [-0.39, 0.29) is 5.41 Å². The van der Waals surface area contributed by atoms with Crippen LogP contribution in [0.25, 0.3) is 0 Å². The molecule has 2 aliphatic heterocycles. The average molecular weight is 255 g/mol. The smallest absolute Gasteiger partial charge is 0.0546 e. The van der Waals surface area contributed by atoms with Crippen molar-refractivity contribution in [2.24, 2.45) is 11.1 Å². The van der Waals surface area contributed by atoms with E-state index in [1.807, 2.05) is 0 Å². The van der Waals surface area contributed by atoms with Gasteiger partial charge in [0.2, 0.25) is 0 Å². The molecule has 2 unspecified atom stereocenters. The second-order valence-electron chi connectivity index (χ2n) is 6.33. The lowest BCUT2D eigenvalue weighted by molar-refractivity contribution is -0.0202. The van der Waals surface area contributed by atoms with Crippen LogP contribution in [0, 0.1) is 5.41 Å². The van der Waals surface area contributed by atoms with Gasteiger partial charge in [0.25, 0.3) is 0 Å². The molecule has 2 saturated heterocycles. The van der Waals surface area contributed by atoms with Gasteiger partial charge in [0.15, 0.2) is 0 Å². The third kappa shape index (κ3) is 3.44. The summed E-state index contributed by atoms with van der Waals surface area (Å²) in [6, 6.07) is 0.731. The monoisotopic (exact) mass is 255 g/mol. The van der Waals surface area contributed by atoms with Gasteiger partial charge in [0, 0.05) is 37.7 Å². The first-order valence-electron chi connectivity index (χ1n) is 7.32. The molecule has 0 bridgehead atoms. The van der Waals surface area contributed by atoms with E-state index >= 15 is 0 Å². The molecule has 2 N–H and O–H groups in total. The minimum absolute atomic E-state index is 0.199. The second-order valence-corrected chi connectivity index (χ2v) is 6.33. The quantitative estimate of drug-likeness (QED) is 0.788. The van der Waals surface area contributed by atoms with Crippen LogP contribution in [0.2, 0.25) is 0 Å². The predicted octanol–water partition coefficient (Wildman–Crippen LogP) is 0.768.